The fraction of sp³-hybridized carbons (Fsp3) is 0.238. The summed E-state index contributed by atoms with van der Waals surface area (Å²) in [6.07, 6.45) is 3.17. The number of nitrogens with one attached hydrogen (secondary N) is 1. The maximum absolute atomic E-state index is 13.3. The van der Waals surface area contributed by atoms with Gasteiger partial charge in [0.15, 0.2) is 22.8 Å². The van der Waals surface area contributed by atoms with Gasteiger partial charge in [0.1, 0.15) is 22.6 Å². The average Bonchev–Trinajstić information content (AvgIpc) is 3.02. The Hall–Kier alpha value is -3.40. The van der Waals surface area contributed by atoms with Gasteiger partial charge in [-0.15, -0.1) is 0 Å². The third-order valence-corrected chi connectivity index (χ3v) is 5.38. The molecule has 10 heteroatoms. The number of hydrogen-bond donors (Lipinski definition) is 1. The SMILES string of the molecule is Cc1cc(-c2nc(NS(C)=O)c3nc(C)n(Cc4ccc(F)cc4)c3n2)cn(C)c1=O. The molecule has 4 rings (SSSR count). The molecule has 0 fully saturated rings. The summed E-state index contributed by atoms with van der Waals surface area (Å²) in [5, 5.41) is 0. The van der Waals surface area contributed by atoms with Gasteiger partial charge in [-0.25, -0.2) is 23.6 Å². The number of pyridine rings is 1. The molecule has 1 unspecified atom stereocenters. The van der Waals surface area contributed by atoms with E-state index in [1.807, 2.05) is 11.5 Å². The highest BCUT2D eigenvalue weighted by Crippen LogP contribution is 2.26. The van der Waals surface area contributed by atoms with Gasteiger partial charge in [-0.3, -0.25) is 9.52 Å². The lowest BCUT2D eigenvalue weighted by Crippen LogP contribution is -2.18. The number of aryl methyl sites for hydroxylation is 3. The standard InChI is InChI=1S/C21H21FN6O2S/c1-12-9-15(11-27(3)21(12)29)18-24-19(26-31(4)30)17-20(25-18)28(13(2)23-17)10-14-5-7-16(22)8-6-14/h5-9,11H,10H2,1-4H3,(H,24,25,26). The number of anilines is 1. The van der Waals surface area contributed by atoms with E-state index >= 15 is 0 Å². The summed E-state index contributed by atoms with van der Waals surface area (Å²) in [6, 6.07) is 7.96. The summed E-state index contributed by atoms with van der Waals surface area (Å²) in [4.78, 5) is 25.9. The number of nitrogens with zero attached hydrogens (tertiary/aromatic N) is 5. The Labute approximate surface area is 180 Å². The van der Waals surface area contributed by atoms with E-state index in [9.17, 15) is 13.4 Å². The second-order valence-electron chi connectivity index (χ2n) is 7.32. The minimum atomic E-state index is -1.37. The van der Waals surface area contributed by atoms with Gasteiger partial charge in [-0.2, -0.15) is 0 Å². The van der Waals surface area contributed by atoms with Crippen molar-refractivity contribution in [2.24, 2.45) is 7.05 Å². The van der Waals surface area contributed by atoms with Crippen LogP contribution < -0.4 is 10.3 Å². The highest BCUT2D eigenvalue weighted by atomic mass is 32.2. The molecule has 0 amide bonds. The molecule has 1 aromatic carbocycles. The maximum atomic E-state index is 13.3. The lowest BCUT2D eigenvalue weighted by molar-refractivity contribution is 0.626. The van der Waals surface area contributed by atoms with E-state index < -0.39 is 11.0 Å². The van der Waals surface area contributed by atoms with Crippen molar-refractivity contribution in [3.8, 4) is 11.4 Å². The number of halogens is 1. The van der Waals surface area contributed by atoms with Gasteiger partial charge < -0.3 is 9.13 Å². The third kappa shape index (κ3) is 4.11. The number of aromatic nitrogens is 5. The molecule has 31 heavy (non-hydrogen) atoms. The summed E-state index contributed by atoms with van der Waals surface area (Å²) in [6.45, 7) is 4.00. The molecule has 1 N–H and O–H groups in total. The van der Waals surface area contributed by atoms with Crippen LogP contribution >= 0.6 is 0 Å². The number of hydrogen-bond acceptors (Lipinski definition) is 5. The number of fused-ring (bicyclic) bond motifs is 1. The van der Waals surface area contributed by atoms with E-state index in [1.165, 1.54) is 23.0 Å². The zero-order valence-corrected chi connectivity index (χ0v) is 18.3. The zero-order valence-electron chi connectivity index (χ0n) is 17.5. The number of benzene rings is 1. The molecule has 3 heterocycles. The molecule has 160 valence electrons. The van der Waals surface area contributed by atoms with Crippen LogP contribution in [0.4, 0.5) is 10.2 Å². The first-order valence-corrected chi connectivity index (χ1v) is 11.1. The first kappa shape index (κ1) is 20.9. The lowest BCUT2D eigenvalue weighted by Gasteiger charge is -2.10. The van der Waals surface area contributed by atoms with Crippen molar-refractivity contribution < 1.29 is 8.60 Å². The van der Waals surface area contributed by atoms with Crippen molar-refractivity contribution in [1.82, 2.24) is 24.1 Å². The first-order chi connectivity index (χ1) is 14.7. The van der Waals surface area contributed by atoms with Crippen molar-refractivity contribution in [2.75, 3.05) is 11.0 Å². The predicted molar refractivity (Wildman–Crippen MR) is 119 cm³/mol. The summed E-state index contributed by atoms with van der Waals surface area (Å²) < 4.78 is 31.4. The van der Waals surface area contributed by atoms with Crippen molar-refractivity contribution in [2.45, 2.75) is 20.4 Å². The quantitative estimate of drug-likeness (QED) is 0.515. The van der Waals surface area contributed by atoms with Gasteiger partial charge in [0, 0.05) is 30.6 Å². The molecule has 0 saturated carbocycles. The second-order valence-corrected chi connectivity index (χ2v) is 8.44. The van der Waals surface area contributed by atoms with Gasteiger partial charge in [0.05, 0.1) is 6.54 Å². The minimum Gasteiger partial charge on any atom is -0.318 e. The van der Waals surface area contributed by atoms with Crippen LogP contribution in [0.3, 0.4) is 0 Å². The van der Waals surface area contributed by atoms with E-state index in [0.717, 1.165) is 5.56 Å². The van der Waals surface area contributed by atoms with E-state index in [0.29, 0.717) is 46.3 Å². The molecule has 8 nitrogen and oxygen atoms in total. The Kier molecular flexibility index (Phi) is 5.40. The van der Waals surface area contributed by atoms with Crippen molar-refractivity contribution in [3.63, 3.8) is 0 Å². The van der Waals surface area contributed by atoms with Crippen molar-refractivity contribution in [3.05, 3.63) is 69.7 Å². The van der Waals surface area contributed by atoms with Crippen LogP contribution in [0, 0.1) is 19.7 Å². The average molecular weight is 441 g/mol. The molecule has 0 aliphatic carbocycles. The Morgan fingerprint density at radius 2 is 1.84 bits per heavy atom. The van der Waals surface area contributed by atoms with Crippen LogP contribution in [-0.4, -0.2) is 34.6 Å². The molecule has 1 atom stereocenters. The van der Waals surface area contributed by atoms with Crippen molar-refractivity contribution in [1.29, 1.82) is 0 Å². The van der Waals surface area contributed by atoms with Crippen LogP contribution in [0.2, 0.25) is 0 Å². The fourth-order valence-electron chi connectivity index (χ4n) is 3.41. The van der Waals surface area contributed by atoms with Gasteiger partial charge in [0.25, 0.3) is 5.56 Å². The normalized spacial score (nSPS) is 12.3. The predicted octanol–water partition coefficient (Wildman–Crippen LogP) is 2.70. The van der Waals surface area contributed by atoms with E-state index in [-0.39, 0.29) is 11.4 Å². The van der Waals surface area contributed by atoms with Gasteiger partial charge >= 0.3 is 0 Å². The summed E-state index contributed by atoms with van der Waals surface area (Å²) in [7, 11) is 0.293. The Morgan fingerprint density at radius 3 is 2.48 bits per heavy atom. The van der Waals surface area contributed by atoms with E-state index in [2.05, 4.69) is 14.7 Å². The topological polar surface area (TPSA) is 94.7 Å². The van der Waals surface area contributed by atoms with Gasteiger partial charge in [-0.05, 0) is 37.6 Å². The molecule has 4 aromatic rings. The van der Waals surface area contributed by atoms with Crippen LogP contribution in [0.1, 0.15) is 17.0 Å². The zero-order chi connectivity index (χ0) is 22.3. The molecule has 0 aliphatic heterocycles. The first-order valence-electron chi connectivity index (χ1n) is 9.50. The van der Waals surface area contributed by atoms with Gasteiger partial charge in [-0.1, -0.05) is 12.1 Å². The Morgan fingerprint density at radius 1 is 1.13 bits per heavy atom. The molecule has 0 radical (unpaired) electrons. The molecular formula is C21H21FN6O2S. The molecule has 0 bridgehead atoms. The Balaban J connectivity index is 1.93. The van der Waals surface area contributed by atoms with Crippen molar-refractivity contribution >= 4 is 28.0 Å². The van der Waals surface area contributed by atoms with E-state index in [4.69, 9.17) is 4.98 Å². The minimum absolute atomic E-state index is 0.102. The second kappa shape index (κ2) is 8.03. The molecule has 3 aromatic heterocycles. The molecular weight excluding hydrogens is 419 g/mol. The lowest BCUT2D eigenvalue weighted by atomic mass is 10.2. The largest absolute Gasteiger partial charge is 0.318 e. The van der Waals surface area contributed by atoms with Gasteiger partial charge in [0.2, 0.25) is 0 Å². The number of rotatable bonds is 5. The van der Waals surface area contributed by atoms with Crippen LogP contribution in [-0.2, 0) is 24.6 Å². The highest BCUT2D eigenvalue weighted by molar-refractivity contribution is 7.85. The summed E-state index contributed by atoms with van der Waals surface area (Å²) in [5.41, 5.74) is 3.03. The van der Waals surface area contributed by atoms with Crippen LogP contribution in [0.25, 0.3) is 22.6 Å². The summed E-state index contributed by atoms with van der Waals surface area (Å²) >= 11 is 0. The smallest absolute Gasteiger partial charge is 0.253 e. The van der Waals surface area contributed by atoms with Crippen LogP contribution in [0.5, 0.6) is 0 Å². The number of imidazole rings is 1. The summed E-state index contributed by atoms with van der Waals surface area (Å²) in [5.74, 6) is 1.10. The fourth-order valence-corrected chi connectivity index (χ4v) is 3.82. The molecule has 0 aliphatic rings. The molecule has 0 spiro atoms. The third-order valence-electron chi connectivity index (χ3n) is 4.90. The van der Waals surface area contributed by atoms with Crippen LogP contribution in [0.15, 0.2) is 41.3 Å². The van der Waals surface area contributed by atoms with E-state index in [1.54, 1.807) is 38.4 Å². The molecule has 0 saturated heterocycles. The Bertz CT molecular complexity index is 1350. The monoisotopic (exact) mass is 440 g/mol. The maximum Gasteiger partial charge on any atom is 0.253 e. The highest BCUT2D eigenvalue weighted by Gasteiger charge is 2.18.